The van der Waals surface area contributed by atoms with E-state index in [1.807, 2.05) is 13.0 Å². The highest BCUT2D eigenvalue weighted by molar-refractivity contribution is 5.78. The third-order valence-electron chi connectivity index (χ3n) is 4.58. The summed E-state index contributed by atoms with van der Waals surface area (Å²) in [5.74, 6) is 1.82. The first kappa shape index (κ1) is 21.2. The Morgan fingerprint density at radius 3 is 2.44 bits per heavy atom. The molecule has 10 heteroatoms. The van der Waals surface area contributed by atoms with Gasteiger partial charge >= 0.3 is 0 Å². The molecule has 0 saturated heterocycles. The molecule has 0 aliphatic carbocycles. The summed E-state index contributed by atoms with van der Waals surface area (Å²) in [6, 6.07) is 11.5. The monoisotopic (exact) mass is 438 g/mol. The summed E-state index contributed by atoms with van der Waals surface area (Å²) in [5.41, 5.74) is 2.24. The predicted octanol–water partition coefficient (Wildman–Crippen LogP) is 3.89. The van der Waals surface area contributed by atoms with Gasteiger partial charge in [0.05, 0.1) is 20.8 Å². The highest BCUT2D eigenvalue weighted by Crippen LogP contribution is 2.31. The summed E-state index contributed by atoms with van der Waals surface area (Å²) in [5, 5.41) is 11.5. The van der Waals surface area contributed by atoms with Crippen molar-refractivity contribution >= 4 is 17.1 Å². The summed E-state index contributed by atoms with van der Waals surface area (Å²) in [4.78, 5) is 13.4. The van der Waals surface area contributed by atoms with Crippen LogP contribution in [0.1, 0.15) is 13.9 Å². The van der Waals surface area contributed by atoms with E-state index in [1.165, 1.54) is 12.1 Å². The standard InChI is InChI=1S/C22H21FN6O3.H2/c1-4-32-21-18-20(26-22(27-21)24-12-13-5-8-15(23)9-6-13)29-28-19(25-18)14-7-10-16(30-2)17(11-14)31-3;/h5-11H,4,12H2,1-3H3,(H,24,26,27,29);1H. The molecule has 0 aliphatic heterocycles. The number of anilines is 1. The fourth-order valence-corrected chi connectivity index (χ4v) is 3.01. The van der Waals surface area contributed by atoms with Crippen LogP contribution in [0.2, 0.25) is 0 Å². The molecule has 0 bridgehead atoms. The number of hydrogen-bond acceptors (Lipinski definition) is 9. The van der Waals surface area contributed by atoms with E-state index in [0.717, 1.165) is 5.56 Å². The minimum atomic E-state index is -0.291. The number of rotatable bonds is 8. The Bertz CT molecular complexity index is 1240. The molecule has 0 radical (unpaired) electrons. The molecule has 1 N–H and O–H groups in total. The topological polar surface area (TPSA) is 104 Å². The van der Waals surface area contributed by atoms with Crippen molar-refractivity contribution in [3.8, 4) is 28.8 Å². The lowest BCUT2D eigenvalue weighted by Gasteiger charge is -2.11. The molecule has 0 amide bonds. The second-order valence-corrected chi connectivity index (χ2v) is 6.64. The molecule has 32 heavy (non-hydrogen) atoms. The lowest BCUT2D eigenvalue weighted by atomic mass is 10.2. The van der Waals surface area contributed by atoms with Gasteiger partial charge in [-0.25, -0.2) is 9.37 Å². The van der Waals surface area contributed by atoms with Crippen LogP contribution < -0.4 is 19.5 Å². The molecule has 0 aliphatic rings. The maximum absolute atomic E-state index is 13.1. The van der Waals surface area contributed by atoms with Gasteiger partial charge < -0.3 is 19.5 Å². The van der Waals surface area contributed by atoms with Crippen molar-refractivity contribution in [1.82, 2.24) is 25.1 Å². The molecular formula is C22H23FN6O3. The lowest BCUT2D eigenvalue weighted by molar-refractivity contribution is 0.330. The normalized spacial score (nSPS) is 10.8. The van der Waals surface area contributed by atoms with E-state index >= 15 is 0 Å². The average molecular weight is 438 g/mol. The van der Waals surface area contributed by atoms with Crippen LogP contribution in [0.15, 0.2) is 42.5 Å². The van der Waals surface area contributed by atoms with Crippen LogP contribution in [0, 0.1) is 5.82 Å². The van der Waals surface area contributed by atoms with Crippen LogP contribution in [0.4, 0.5) is 10.3 Å². The third kappa shape index (κ3) is 4.48. The van der Waals surface area contributed by atoms with Gasteiger partial charge in [-0.15, -0.1) is 10.2 Å². The molecule has 0 saturated carbocycles. The molecule has 4 rings (SSSR count). The fourth-order valence-electron chi connectivity index (χ4n) is 3.01. The molecule has 0 spiro atoms. The van der Waals surface area contributed by atoms with Crippen molar-refractivity contribution in [3.63, 3.8) is 0 Å². The number of nitrogens with zero attached hydrogens (tertiary/aromatic N) is 5. The molecule has 4 aromatic rings. The van der Waals surface area contributed by atoms with Crippen molar-refractivity contribution in [2.45, 2.75) is 13.5 Å². The lowest BCUT2D eigenvalue weighted by Crippen LogP contribution is -2.08. The summed E-state index contributed by atoms with van der Waals surface area (Å²) in [7, 11) is 3.13. The van der Waals surface area contributed by atoms with Crippen LogP contribution in [-0.2, 0) is 6.54 Å². The van der Waals surface area contributed by atoms with E-state index in [4.69, 9.17) is 14.2 Å². The summed E-state index contributed by atoms with van der Waals surface area (Å²) < 4.78 is 29.4. The summed E-state index contributed by atoms with van der Waals surface area (Å²) >= 11 is 0. The van der Waals surface area contributed by atoms with Gasteiger partial charge in [0.2, 0.25) is 17.5 Å². The van der Waals surface area contributed by atoms with Gasteiger partial charge in [0.15, 0.2) is 22.8 Å². The number of fused-ring (bicyclic) bond motifs is 1. The smallest absolute Gasteiger partial charge is 0.247 e. The van der Waals surface area contributed by atoms with Crippen molar-refractivity contribution in [2.24, 2.45) is 0 Å². The van der Waals surface area contributed by atoms with Crippen LogP contribution in [0.5, 0.6) is 17.4 Å². The zero-order valence-corrected chi connectivity index (χ0v) is 17.8. The van der Waals surface area contributed by atoms with Crippen molar-refractivity contribution < 1.29 is 20.0 Å². The van der Waals surface area contributed by atoms with Crippen molar-refractivity contribution in [1.29, 1.82) is 0 Å². The van der Waals surface area contributed by atoms with Crippen LogP contribution in [0.3, 0.4) is 0 Å². The number of benzene rings is 2. The molecule has 166 valence electrons. The largest absolute Gasteiger partial charge is 0.493 e. The van der Waals surface area contributed by atoms with Gasteiger partial charge in [-0.2, -0.15) is 9.97 Å². The van der Waals surface area contributed by atoms with Gasteiger partial charge in [0, 0.05) is 13.5 Å². The zero-order valence-electron chi connectivity index (χ0n) is 17.8. The predicted molar refractivity (Wildman–Crippen MR) is 118 cm³/mol. The Morgan fingerprint density at radius 2 is 1.72 bits per heavy atom. The number of aromatic nitrogens is 5. The van der Waals surface area contributed by atoms with Gasteiger partial charge in [0.25, 0.3) is 0 Å². The molecule has 0 fully saturated rings. The highest BCUT2D eigenvalue weighted by atomic mass is 19.1. The van der Waals surface area contributed by atoms with Crippen LogP contribution >= 0.6 is 0 Å². The maximum atomic E-state index is 13.1. The SMILES string of the molecule is CCOc1nc(NCc2ccc(F)cc2)nc2nnc(-c3ccc(OC)c(OC)c3)nc12.[HH]. The first-order valence-corrected chi connectivity index (χ1v) is 9.87. The van der Waals surface area contributed by atoms with Crippen molar-refractivity contribution in [3.05, 3.63) is 53.8 Å². The van der Waals surface area contributed by atoms with E-state index in [0.29, 0.717) is 47.5 Å². The Morgan fingerprint density at radius 1 is 0.938 bits per heavy atom. The van der Waals surface area contributed by atoms with Crippen LogP contribution in [0.25, 0.3) is 22.6 Å². The van der Waals surface area contributed by atoms with Gasteiger partial charge in [-0.05, 0) is 42.8 Å². The van der Waals surface area contributed by atoms with E-state index in [9.17, 15) is 4.39 Å². The average Bonchev–Trinajstić information content (AvgIpc) is 2.83. The maximum Gasteiger partial charge on any atom is 0.247 e. The molecule has 2 aromatic heterocycles. The number of hydrogen-bond donors (Lipinski definition) is 1. The van der Waals surface area contributed by atoms with E-state index < -0.39 is 0 Å². The third-order valence-corrected chi connectivity index (χ3v) is 4.58. The van der Waals surface area contributed by atoms with Gasteiger partial charge in [-0.3, -0.25) is 0 Å². The molecule has 2 heterocycles. The summed E-state index contributed by atoms with van der Waals surface area (Å²) in [6.45, 7) is 2.64. The van der Waals surface area contributed by atoms with Crippen molar-refractivity contribution in [2.75, 3.05) is 26.1 Å². The van der Waals surface area contributed by atoms with Gasteiger partial charge in [0.1, 0.15) is 5.82 Å². The van der Waals surface area contributed by atoms with E-state index in [2.05, 4.69) is 30.5 Å². The first-order valence-electron chi connectivity index (χ1n) is 9.87. The van der Waals surface area contributed by atoms with Gasteiger partial charge in [-0.1, -0.05) is 12.1 Å². The molecule has 2 aromatic carbocycles. The Kier molecular flexibility index (Phi) is 6.20. The van der Waals surface area contributed by atoms with E-state index in [-0.39, 0.29) is 18.8 Å². The molecular weight excluding hydrogens is 415 g/mol. The first-order chi connectivity index (χ1) is 15.6. The van der Waals surface area contributed by atoms with E-state index in [1.54, 1.807) is 38.5 Å². The summed E-state index contributed by atoms with van der Waals surface area (Å²) in [6.07, 6.45) is 0. The minimum Gasteiger partial charge on any atom is -0.493 e. The minimum absolute atomic E-state index is 0. The number of nitrogens with one attached hydrogen (secondary N) is 1. The second-order valence-electron chi connectivity index (χ2n) is 6.64. The Labute approximate surface area is 185 Å². The molecule has 9 nitrogen and oxygen atoms in total. The molecule has 0 atom stereocenters. The molecule has 0 unspecified atom stereocenters. The second kappa shape index (κ2) is 9.38. The van der Waals surface area contributed by atoms with Crippen LogP contribution in [-0.4, -0.2) is 46.0 Å². The number of halogens is 1. The Hall–Kier alpha value is -4.08. The zero-order chi connectivity index (χ0) is 22.5. The number of methoxy groups -OCH3 is 2. The quantitative estimate of drug-likeness (QED) is 0.439. The number of ether oxygens (including phenoxy) is 3. The highest BCUT2D eigenvalue weighted by Gasteiger charge is 2.16. The fraction of sp³-hybridized carbons (Fsp3) is 0.227. The Balaban J connectivity index is 0.00000306.